The van der Waals surface area contributed by atoms with Crippen molar-refractivity contribution in [3.63, 3.8) is 0 Å². The van der Waals surface area contributed by atoms with Gasteiger partial charge >= 0.3 is 0 Å². The molecule has 1 aromatic carbocycles. The lowest BCUT2D eigenvalue weighted by molar-refractivity contribution is -0.121. The fourth-order valence-corrected chi connectivity index (χ4v) is 3.08. The van der Waals surface area contributed by atoms with Crippen LogP contribution >= 0.6 is 27.5 Å². The highest BCUT2D eigenvalue weighted by Gasteiger charge is 2.26. The van der Waals surface area contributed by atoms with Crippen LogP contribution in [0.2, 0.25) is 5.02 Å². The number of hydrogen-bond acceptors (Lipinski definition) is 2. The highest BCUT2D eigenvalue weighted by molar-refractivity contribution is 9.10. The Hall–Kier alpha value is -0.870. The number of nitrogens with zero attached hydrogens (tertiary/aromatic N) is 1. The van der Waals surface area contributed by atoms with Gasteiger partial charge in [0.1, 0.15) is 5.78 Å². The van der Waals surface area contributed by atoms with Crippen molar-refractivity contribution in [1.29, 1.82) is 0 Å². The maximum atomic E-state index is 12.4. The SMILES string of the molecule is CN(C(=O)c1ccc(Br)cc1Cl)C1CCC(=O)CC1. The topological polar surface area (TPSA) is 37.4 Å². The zero-order valence-corrected chi connectivity index (χ0v) is 13.0. The second kappa shape index (κ2) is 6.06. The molecule has 102 valence electrons. The van der Waals surface area contributed by atoms with Crippen molar-refractivity contribution < 1.29 is 9.59 Å². The Labute approximate surface area is 126 Å². The third-order valence-electron chi connectivity index (χ3n) is 3.54. The zero-order valence-electron chi connectivity index (χ0n) is 10.7. The summed E-state index contributed by atoms with van der Waals surface area (Å²) >= 11 is 9.42. The average Bonchev–Trinajstić information content (AvgIpc) is 2.38. The van der Waals surface area contributed by atoms with Crippen molar-refractivity contribution in [2.24, 2.45) is 0 Å². The smallest absolute Gasteiger partial charge is 0.255 e. The summed E-state index contributed by atoms with van der Waals surface area (Å²) in [7, 11) is 1.78. The maximum absolute atomic E-state index is 12.4. The average molecular weight is 345 g/mol. The fraction of sp³-hybridized carbons (Fsp3) is 0.429. The molecule has 0 radical (unpaired) electrons. The van der Waals surface area contributed by atoms with Crippen LogP contribution < -0.4 is 0 Å². The minimum absolute atomic E-state index is 0.0863. The molecule has 1 aliphatic carbocycles. The number of amides is 1. The first-order valence-corrected chi connectivity index (χ1v) is 7.40. The van der Waals surface area contributed by atoms with Crippen LogP contribution in [0.4, 0.5) is 0 Å². The van der Waals surface area contributed by atoms with E-state index in [9.17, 15) is 9.59 Å². The number of benzene rings is 1. The molecule has 2 rings (SSSR count). The summed E-state index contributed by atoms with van der Waals surface area (Å²) in [6.45, 7) is 0. The second-order valence-corrected chi connectivity index (χ2v) is 6.13. The molecule has 5 heteroatoms. The summed E-state index contributed by atoms with van der Waals surface area (Å²) in [4.78, 5) is 25.3. The predicted molar refractivity (Wildman–Crippen MR) is 78.5 cm³/mol. The van der Waals surface area contributed by atoms with E-state index in [0.717, 1.165) is 17.3 Å². The molecule has 0 heterocycles. The molecular formula is C14H15BrClNO2. The molecule has 0 unspecified atom stereocenters. The van der Waals surface area contributed by atoms with Gasteiger partial charge in [-0.3, -0.25) is 9.59 Å². The van der Waals surface area contributed by atoms with Gasteiger partial charge in [0.05, 0.1) is 10.6 Å². The second-order valence-electron chi connectivity index (χ2n) is 4.81. The van der Waals surface area contributed by atoms with E-state index in [1.807, 2.05) is 0 Å². The van der Waals surface area contributed by atoms with E-state index in [0.29, 0.717) is 29.2 Å². The van der Waals surface area contributed by atoms with Gasteiger partial charge in [-0.2, -0.15) is 0 Å². The van der Waals surface area contributed by atoms with Gasteiger partial charge in [-0.1, -0.05) is 27.5 Å². The van der Waals surface area contributed by atoms with Gasteiger partial charge in [-0.25, -0.2) is 0 Å². The van der Waals surface area contributed by atoms with E-state index < -0.39 is 0 Å². The molecule has 0 aromatic heterocycles. The highest BCUT2D eigenvalue weighted by atomic mass is 79.9. The van der Waals surface area contributed by atoms with E-state index in [1.165, 1.54) is 0 Å². The molecule has 1 saturated carbocycles. The number of ketones is 1. The molecular weight excluding hydrogens is 330 g/mol. The van der Waals surface area contributed by atoms with Gasteiger partial charge in [0.15, 0.2) is 0 Å². The lowest BCUT2D eigenvalue weighted by atomic mass is 9.93. The monoisotopic (exact) mass is 343 g/mol. The van der Waals surface area contributed by atoms with Gasteiger partial charge in [-0.15, -0.1) is 0 Å². The summed E-state index contributed by atoms with van der Waals surface area (Å²) in [5.74, 6) is 0.204. The van der Waals surface area contributed by atoms with E-state index >= 15 is 0 Å². The lowest BCUT2D eigenvalue weighted by Gasteiger charge is -2.31. The van der Waals surface area contributed by atoms with Crippen LogP contribution in [-0.4, -0.2) is 29.7 Å². The van der Waals surface area contributed by atoms with E-state index in [1.54, 1.807) is 30.1 Å². The fourth-order valence-electron chi connectivity index (χ4n) is 2.33. The Morgan fingerprint density at radius 3 is 2.58 bits per heavy atom. The third-order valence-corrected chi connectivity index (χ3v) is 4.35. The number of Topliss-reactive ketones (excluding diaryl/α,β-unsaturated/α-hetero) is 1. The molecule has 0 aliphatic heterocycles. The van der Waals surface area contributed by atoms with E-state index in [-0.39, 0.29) is 11.9 Å². The number of rotatable bonds is 2. The molecule has 1 amide bonds. The molecule has 0 bridgehead atoms. The standard InChI is InChI=1S/C14H15BrClNO2/c1-17(10-3-5-11(18)6-4-10)14(19)12-7-2-9(15)8-13(12)16/h2,7-8,10H,3-6H2,1H3. The summed E-state index contributed by atoms with van der Waals surface area (Å²) < 4.78 is 0.847. The molecule has 0 saturated heterocycles. The van der Waals surface area contributed by atoms with Crippen LogP contribution in [0.1, 0.15) is 36.0 Å². The Bertz CT molecular complexity index is 508. The van der Waals surface area contributed by atoms with Crippen LogP contribution in [0.3, 0.4) is 0 Å². The van der Waals surface area contributed by atoms with Gasteiger partial charge in [-0.05, 0) is 31.0 Å². The number of carbonyl (C=O) groups is 2. The molecule has 0 spiro atoms. The Morgan fingerprint density at radius 2 is 2.00 bits per heavy atom. The largest absolute Gasteiger partial charge is 0.339 e. The van der Waals surface area contributed by atoms with Gasteiger partial charge in [0.25, 0.3) is 5.91 Å². The quantitative estimate of drug-likeness (QED) is 0.820. The normalized spacial score (nSPS) is 16.5. The number of carbonyl (C=O) groups excluding carboxylic acids is 2. The minimum atomic E-state index is -0.0863. The van der Waals surface area contributed by atoms with Crippen LogP contribution in [0, 0.1) is 0 Å². The first-order chi connectivity index (χ1) is 8.99. The summed E-state index contributed by atoms with van der Waals surface area (Å²) in [5.41, 5.74) is 0.504. The molecule has 3 nitrogen and oxygen atoms in total. The number of hydrogen-bond donors (Lipinski definition) is 0. The Kier molecular flexibility index (Phi) is 4.63. The Morgan fingerprint density at radius 1 is 1.37 bits per heavy atom. The summed E-state index contributed by atoms with van der Waals surface area (Å²) in [6, 6.07) is 5.37. The predicted octanol–water partition coefficient (Wildman–Crippen LogP) is 3.69. The van der Waals surface area contributed by atoms with Gasteiger partial charge in [0.2, 0.25) is 0 Å². The van der Waals surface area contributed by atoms with Gasteiger partial charge in [0, 0.05) is 30.4 Å². The first kappa shape index (κ1) is 14.5. The van der Waals surface area contributed by atoms with Crippen molar-refractivity contribution in [3.05, 3.63) is 33.3 Å². The van der Waals surface area contributed by atoms with Gasteiger partial charge < -0.3 is 4.90 Å². The molecule has 0 N–H and O–H groups in total. The minimum Gasteiger partial charge on any atom is -0.339 e. The molecule has 19 heavy (non-hydrogen) atoms. The highest BCUT2D eigenvalue weighted by Crippen LogP contribution is 2.25. The van der Waals surface area contributed by atoms with Crippen molar-refractivity contribution in [2.75, 3.05) is 7.05 Å². The summed E-state index contributed by atoms with van der Waals surface area (Å²) in [5, 5.41) is 0.443. The Balaban J connectivity index is 2.12. The van der Waals surface area contributed by atoms with Crippen LogP contribution in [-0.2, 0) is 4.79 Å². The summed E-state index contributed by atoms with van der Waals surface area (Å²) in [6.07, 6.45) is 2.62. The first-order valence-electron chi connectivity index (χ1n) is 6.23. The van der Waals surface area contributed by atoms with Crippen LogP contribution in [0.25, 0.3) is 0 Å². The molecule has 1 aliphatic rings. The lowest BCUT2D eigenvalue weighted by Crippen LogP contribution is -2.39. The molecule has 0 atom stereocenters. The third kappa shape index (κ3) is 3.37. The van der Waals surface area contributed by atoms with Crippen molar-refractivity contribution in [3.8, 4) is 0 Å². The van der Waals surface area contributed by atoms with Crippen molar-refractivity contribution in [2.45, 2.75) is 31.7 Å². The van der Waals surface area contributed by atoms with E-state index in [4.69, 9.17) is 11.6 Å². The zero-order chi connectivity index (χ0) is 14.0. The van der Waals surface area contributed by atoms with Crippen molar-refractivity contribution >= 4 is 39.2 Å². The molecule has 1 fully saturated rings. The molecule has 1 aromatic rings. The van der Waals surface area contributed by atoms with Crippen LogP contribution in [0.5, 0.6) is 0 Å². The number of halogens is 2. The van der Waals surface area contributed by atoms with Crippen LogP contribution in [0.15, 0.2) is 22.7 Å². The maximum Gasteiger partial charge on any atom is 0.255 e. The van der Waals surface area contributed by atoms with Crippen molar-refractivity contribution in [1.82, 2.24) is 4.90 Å². The van der Waals surface area contributed by atoms with E-state index in [2.05, 4.69) is 15.9 Å².